The maximum atomic E-state index is 13.3. The van der Waals surface area contributed by atoms with E-state index in [0.717, 1.165) is 22.4 Å². The smallest absolute Gasteiger partial charge is 0.261 e. The molecule has 37 heavy (non-hydrogen) atoms. The second kappa shape index (κ2) is 9.97. The number of anilines is 1. The number of fused-ring (bicyclic) bond motifs is 2. The first-order valence-electron chi connectivity index (χ1n) is 12.7. The molecule has 0 unspecified atom stereocenters. The number of benzene rings is 2. The lowest BCUT2D eigenvalue weighted by atomic mass is 10.0. The summed E-state index contributed by atoms with van der Waals surface area (Å²) < 4.78 is 7.01. The Morgan fingerprint density at radius 1 is 1.05 bits per heavy atom. The first kappa shape index (κ1) is 25.0. The van der Waals surface area contributed by atoms with E-state index in [9.17, 15) is 14.4 Å². The van der Waals surface area contributed by atoms with Gasteiger partial charge in [0.05, 0.1) is 23.6 Å². The average Bonchev–Trinajstić information content (AvgIpc) is 3.17. The van der Waals surface area contributed by atoms with Gasteiger partial charge < -0.3 is 19.4 Å². The standard InChI is InChI=1S/C28H33N5O4/c1-18(37-4)15-32-12-11-31(17-26(32)34)22-6-8-24-25(14-22)29-19(2)33(28(24)36)10-9-20-5-7-23-21(13-20)16-30(3)27(23)35/h5-8,13-14,18H,9-12,15-17H2,1-4H3/t18-/m0/s1. The van der Waals surface area contributed by atoms with Crippen molar-refractivity contribution in [3.05, 3.63) is 69.3 Å². The zero-order chi connectivity index (χ0) is 26.3. The third-order valence-electron chi connectivity index (χ3n) is 7.47. The monoisotopic (exact) mass is 503 g/mol. The molecule has 1 saturated heterocycles. The molecular formula is C28H33N5O4. The fourth-order valence-electron chi connectivity index (χ4n) is 5.20. The minimum absolute atomic E-state index is 0.000819. The Kier molecular flexibility index (Phi) is 6.72. The van der Waals surface area contributed by atoms with Crippen molar-refractivity contribution >= 4 is 28.4 Å². The van der Waals surface area contributed by atoms with Crippen LogP contribution < -0.4 is 10.5 Å². The Bertz CT molecular complexity index is 1430. The molecule has 0 radical (unpaired) electrons. The van der Waals surface area contributed by atoms with E-state index in [0.29, 0.717) is 62.4 Å². The van der Waals surface area contributed by atoms with Gasteiger partial charge in [-0.05, 0) is 55.7 Å². The summed E-state index contributed by atoms with van der Waals surface area (Å²) in [5.41, 5.74) is 4.34. The van der Waals surface area contributed by atoms with E-state index in [1.165, 1.54) is 0 Å². The molecule has 1 aromatic heterocycles. The largest absolute Gasteiger partial charge is 0.380 e. The van der Waals surface area contributed by atoms with Crippen LogP contribution in [0.5, 0.6) is 0 Å². The van der Waals surface area contributed by atoms with Crippen molar-refractivity contribution in [3.63, 3.8) is 0 Å². The van der Waals surface area contributed by atoms with E-state index in [4.69, 9.17) is 9.72 Å². The van der Waals surface area contributed by atoms with Crippen molar-refractivity contribution in [2.75, 3.05) is 45.2 Å². The molecule has 1 fully saturated rings. The van der Waals surface area contributed by atoms with Gasteiger partial charge in [-0.2, -0.15) is 0 Å². The van der Waals surface area contributed by atoms with Crippen molar-refractivity contribution in [1.82, 2.24) is 19.4 Å². The van der Waals surface area contributed by atoms with Crippen LogP contribution in [0.25, 0.3) is 10.9 Å². The Hall–Kier alpha value is -3.72. The number of aromatic nitrogens is 2. The maximum Gasteiger partial charge on any atom is 0.261 e. The van der Waals surface area contributed by atoms with E-state index >= 15 is 0 Å². The highest BCUT2D eigenvalue weighted by atomic mass is 16.5. The molecule has 194 valence electrons. The Labute approximate surface area is 216 Å². The fourth-order valence-corrected chi connectivity index (χ4v) is 5.20. The third-order valence-corrected chi connectivity index (χ3v) is 7.47. The molecule has 2 aliphatic rings. The highest BCUT2D eigenvalue weighted by Crippen LogP contribution is 2.24. The van der Waals surface area contributed by atoms with Gasteiger partial charge in [-0.3, -0.25) is 19.0 Å². The summed E-state index contributed by atoms with van der Waals surface area (Å²) in [6.45, 7) is 7.15. The lowest BCUT2D eigenvalue weighted by Gasteiger charge is -2.36. The number of rotatable bonds is 7. The molecule has 2 amide bonds. The van der Waals surface area contributed by atoms with Gasteiger partial charge in [0.25, 0.3) is 11.5 Å². The average molecular weight is 504 g/mol. The number of methoxy groups -OCH3 is 1. The molecule has 9 nitrogen and oxygen atoms in total. The summed E-state index contributed by atoms with van der Waals surface area (Å²) in [4.78, 5) is 48.5. The quantitative estimate of drug-likeness (QED) is 0.491. The summed E-state index contributed by atoms with van der Waals surface area (Å²) in [6, 6.07) is 11.5. The molecule has 1 atom stereocenters. The van der Waals surface area contributed by atoms with Gasteiger partial charge in [-0.1, -0.05) is 12.1 Å². The van der Waals surface area contributed by atoms with Gasteiger partial charge in [0.1, 0.15) is 5.82 Å². The zero-order valence-corrected chi connectivity index (χ0v) is 21.9. The van der Waals surface area contributed by atoms with Gasteiger partial charge in [-0.15, -0.1) is 0 Å². The lowest BCUT2D eigenvalue weighted by Crippen LogP contribution is -2.52. The molecule has 0 spiro atoms. The normalized spacial score (nSPS) is 16.6. The van der Waals surface area contributed by atoms with E-state index in [1.807, 2.05) is 54.0 Å². The Morgan fingerprint density at radius 2 is 1.86 bits per heavy atom. The molecule has 3 heterocycles. The number of hydrogen-bond acceptors (Lipinski definition) is 6. The van der Waals surface area contributed by atoms with Crippen LogP contribution in [0.1, 0.15) is 34.2 Å². The summed E-state index contributed by atoms with van der Waals surface area (Å²) in [5, 5.41) is 0.564. The lowest BCUT2D eigenvalue weighted by molar-refractivity contribution is -0.132. The fraction of sp³-hybridized carbons (Fsp3) is 0.429. The number of hydrogen-bond donors (Lipinski definition) is 0. The van der Waals surface area contributed by atoms with Crippen LogP contribution in [-0.4, -0.2) is 77.6 Å². The van der Waals surface area contributed by atoms with Gasteiger partial charge in [0.2, 0.25) is 5.91 Å². The van der Waals surface area contributed by atoms with Crippen molar-refractivity contribution in [1.29, 1.82) is 0 Å². The minimum Gasteiger partial charge on any atom is -0.380 e. The van der Waals surface area contributed by atoms with Crippen LogP contribution in [0.3, 0.4) is 0 Å². The van der Waals surface area contributed by atoms with E-state index in [-0.39, 0.29) is 23.5 Å². The van der Waals surface area contributed by atoms with Gasteiger partial charge >= 0.3 is 0 Å². The molecule has 2 aromatic carbocycles. The molecule has 9 heteroatoms. The summed E-state index contributed by atoms with van der Waals surface area (Å²) in [5.74, 6) is 0.774. The molecule has 3 aromatic rings. The number of carbonyl (C=O) groups excluding carboxylic acids is 2. The first-order valence-corrected chi connectivity index (χ1v) is 12.7. The topological polar surface area (TPSA) is 88.0 Å². The Balaban J connectivity index is 1.32. The summed E-state index contributed by atoms with van der Waals surface area (Å²) >= 11 is 0. The van der Waals surface area contributed by atoms with E-state index < -0.39 is 0 Å². The van der Waals surface area contributed by atoms with Crippen LogP contribution in [0.15, 0.2) is 41.2 Å². The van der Waals surface area contributed by atoms with E-state index in [1.54, 1.807) is 23.6 Å². The highest BCUT2D eigenvalue weighted by Gasteiger charge is 2.26. The van der Waals surface area contributed by atoms with Crippen molar-refractivity contribution in [3.8, 4) is 0 Å². The maximum absolute atomic E-state index is 13.3. The predicted octanol–water partition coefficient (Wildman–Crippen LogP) is 2.22. The number of nitrogens with zero attached hydrogens (tertiary/aromatic N) is 5. The molecule has 0 bridgehead atoms. The van der Waals surface area contributed by atoms with Crippen LogP contribution in [0.2, 0.25) is 0 Å². The third kappa shape index (κ3) is 4.83. The Morgan fingerprint density at radius 3 is 2.62 bits per heavy atom. The number of amides is 2. The van der Waals surface area contributed by atoms with E-state index in [2.05, 4.69) is 6.07 Å². The molecular weight excluding hydrogens is 470 g/mol. The number of piperazine rings is 1. The van der Waals surface area contributed by atoms with Crippen LogP contribution in [0, 0.1) is 6.92 Å². The molecule has 2 aliphatic heterocycles. The summed E-state index contributed by atoms with van der Waals surface area (Å²) in [7, 11) is 3.46. The minimum atomic E-state index is -0.0698. The van der Waals surface area contributed by atoms with Crippen LogP contribution in [0.4, 0.5) is 5.69 Å². The zero-order valence-electron chi connectivity index (χ0n) is 21.9. The summed E-state index contributed by atoms with van der Waals surface area (Å²) in [6.07, 6.45) is 0.671. The van der Waals surface area contributed by atoms with Crippen molar-refractivity contribution < 1.29 is 14.3 Å². The predicted molar refractivity (Wildman–Crippen MR) is 142 cm³/mol. The number of carbonyl (C=O) groups is 2. The van der Waals surface area contributed by atoms with Gasteiger partial charge in [0.15, 0.2) is 0 Å². The van der Waals surface area contributed by atoms with Crippen molar-refractivity contribution in [2.24, 2.45) is 0 Å². The molecule has 5 rings (SSSR count). The highest BCUT2D eigenvalue weighted by molar-refractivity contribution is 5.98. The first-order chi connectivity index (χ1) is 17.7. The van der Waals surface area contributed by atoms with Gasteiger partial charge in [0, 0.05) is 58.1 Å². The van der Waals surface area contributed by atoms with Crippen LogP contribution >= 0.6 is 0 Å². The number of aryl methyl sites for hydroxylation is 2. The molecule has 0 aliphatic carbocycles. The number of ether oxygens (including phenoxy) is 1. The second-order valence-corrected chi connectivity index (χ2v) is 10.0. The van der Waals surface area contributed by atoms with Crippen molar-refractivity contribution in [2.45, 2.75) is 39.5 Å². The second-order valence-electron chi connectivity index (χ2n) is 10.0. The molecule has 0 saturated carbocycles. The molecule has 0 N–H and O–H groups in total. The SMILES string of the molecule is CO[C@@H](C)CN1CCN(c2ccc3c(=O)n(CCc4ccc5c(c4)CN(C)C5=O)c(C)nc3c2)CC1=O. The van der Waals surface area contributed by atoms with Crippen LogP contribution in [-0.2, 0) is 29.0 Å². The van der Waals surface area contributed by atoms with Gasteiger partial charge in [-0.25, -0.2) is 4.98 Å².